The molecule has 0 heterocycles. The quantitative estimate of drug-likeness (QED) is 0.329. The highest BCUT2D eigenvalue weighted by Crippen LogP contribution is 2.57. The molecule has 0 aromatic heterocycles. The summed E-state index contributed by atoms with van der Waals surface area (Å²) in [4.78, 5) is 26.9. The lowest BCUT2D eigenvalue weighted by atomic mass is 9.49. The molecule has 9 heteroatoms. The third kappa shape index (κ3) is 5.93. The number of amides is 2. The van der Waals surface area contributed by atoms with Gasteiger partial charge in [0, 0.05) is 17.8 Å². The van der Waals surface area contributed by atoms with Crippen molar-refractivity contribution in [1.29, 1.82) is 0 Å². The fourth-order valence-corrected chi connectivity index (χ4v) is 7.36. The number of aryl methyl sites for hydroxylation is 1. The molecule has 2 amide bonds. The lowest BCUT2D eigenvalue weighted by Crippen LogP contribution is -2.58. The standard InChI is InChI=1S/C33H45N3O5S/c1-19(2)21-10-12-24-22(16-21)11-13-27-32(24,4)14-9-15-33(27,5)30(38)36-31(42)34-20(3)29(37)35-23-17-25(39-6)28(41-8)26(18-23)40-7/h10,12,16-20,27H,9,11,13-15H2,1-8H3,(H,35,37)(H2,34,36,38,42)/t20-,27+,32+,33+/m0/s1. The topological polar surface area (TPSA) is 97.9 Å². The van der Waals surface area contributed by atoms with E-state index >= 15 is 0 Å². The van der Waals surface area contributed by atoms with Crippen molar-refractivity contribution in [3.05, 3.63) is 47.0 Å². The van der Waals surface area contributed by atoms with Crippen LogP contribution in [-0.2, 0) is 21.4 Å². The lowest BCUT2D eigenvalue weighted by molar-refractivity contribution is -0.137. The van der Waals surface area contributed by atoms with Crippen LogP contribution in [0, 0.1) is 11.3 Å². The summed E-state index contributed by atoms with van der Waals surface area (Å²) in [5, 5.41) is 8.90. The van der Waals surface area contributed by atoms with E-state index in [1.54, 1.807) is 19.1 Å². The molecule has 3 N–H and O–H groups in total. The Morgan fingerprint density at radius 2 is 1.64 bits per heavy atom. The zero-order chi connectivity index (χ0) is 30.8. The molecule has 2 aromatic carbocycles. The molecule has 42 heavy (non-hydrogen) atoms. The van der Waals surface area contributed by atoms with Gasteiger partial charge in [0.15, 0.2) is 16.6 Å². The SMILES string of the molecule is COc1cc(NC(=O)[C@H](C)NC(=S)NC(=O)[C@]2(C)CCC[C@]3(C)c4ccc(C(C)C)cc4CC[C@@H]23)cc(OC)c1OC. The summed E-state index contributed by atoms with van der Waals surface area (Å²) in [6, 6.07) is 9.53. The van der Waals surface area contributed by atoms with Crippen molar-refractivity contribution in [2.45, 2.75) is 84.1 Å². The molecular weight excluding hydrogens is 550 g/mol. The molecule has 0 aliphatic heterocycles. The molecular formula is C33H45N3O5S. The molecule has 0 spiro atoms. The van der Waals surface area contributed by atoms with Gasteiger partial charge < -0.3 is 30.2 Å². The molecule has 4 rings (SSSR count). The number of methoxy groups -OCH3 is 3. The van der Waals surface area contributed by atoms with Gasteiger partial charge in [-0.05, 0) is 78.8 Å². The van der Waals surface area contributed by atoms with Crippen molar-refractivity contribution in [1.82, 2.24) is 10.6 Å². The zero-order valence-corrected chi connectivity index (χ0v) is 26.9. The van der Waals surface area contributed by atoms with Crippen LogP contribution < -0.4 is 30.2 Å². The van der Waals surface area contributed by atoms with Crippen LogP contribution >= 0.6 is 12.2 Å². The normalized spacial score (nSPS) is 23.6. The minimum Gasteiger partial charge on any atom is -0.493 e. The van der Waals surface area contributed by atoms with E-state index in [9.17, 15) is 9.59 Å². The fourth-order valence-electron chi connectivity index (χ4n) is 7.09. The maximum atomic E-state index is 13.8. The molecule has 228 valence electrons. The van der Waals surface area contributed by atoms with Crippen LogP contribution in [0.1, 0.15) is 82.9 Å². The number of thiocarbonyl (C=S) groups is 1. The van der Waals surface area contributed by atoms with Gasteiger partial charge in [0.25, 0.3) is 0 Å². The van der Waals surface area contributed by atoms with Crippen molar-refractivity contribution < 1.29 is 23.8 Å². The van der Waals surface area contributed by atoms with E-state index in [1.165, 1.54) is 38.0 Å². The van der Waals surface area contributed by atoms with Crippen LogP contribution in [-0.4, -0.2) is 44.3 Å². The first-order valence-corrected chi connectivity index (χ1v) is 15.1. The average Bonchev–Trinajstić information content (AvgIpc) is 2.95. The number of anilines is 1. The molecule has 8 nitrogen and oxygen atoms in total. The number of benzene rings is 2. The van der Waals surface area contributed by atoms with Crippen molar-refractivity contribution in [3.63, 3.8) is 0 Å². The maximum absolute atomic E-state index is 13.8. The number of hydrogen-bond acceptors (Lipinski definition) is 6. The van der Waals surface area contributed by atoms with Crippen LogP contribution in [0.5, 0.6) is 17.2 Å². The van der Waals surface area contributed by atoms with Gasteiger partial charge in [0.1, 0.15) is 6.04 Å². The van der Waals surface area contributed by atoms with E-state index in [-0.39, 0.29) is 28.3 Å². The summed E-state index contributed by atoms with van der Waals surface area (Å²) in [7, 11) is 4.54. The van der Waals surface area contributed by atoms with E-state index in [2.05, 4.69) is 61.8 Å². The minimum absolute atomic E-state index is 0.0733. The van der Waals surface area contributed by atoms with Crippen molar-refractivity contribution >= 4 is 34.8 Å². The van der Waals surface area contributed by atoms with E-state index in [4.69, 9.17) is 26.4 Å². The molecule has 0 radical (unpaired) electrons. The molecule has 0 unspecified atom stereocenters. The highest BCUT2D eigenvalue weighted by molar-refractivity contribution is 7.80. The van der Waals surface area contributed by atoms with Gasteiger partial charge in [-0.2, -0.15) is 0 Å². The van der Waals surface area contributed by atoms with Crippen LogP contribution in [0.25, 0.3) is 0 Å². The Labute approximate surface area is 255 Å². The largest absolute Gasteiger partial charge is 0.493 e. The van der Waals surface area contributed by atoms with Crippen LogP contribution in [0.15, 0.2) is 30.3 Å². The third-order valence-electron chi connectivity index (χ3n) is 9.46. The van der Waals surface area contributed by atoms with Gasteiger partial charge >= 0.3 is 0 Å². The van der Waals surface area contributed by atoms with Crippen LogP contribution in [0.2, 0.25) is 0 Å². The highest BCUT2D eigenvalue weighted by atomic mass is 32.1. The summed E-state index contributed by atoms with van der Waals surface area (Å²) < 4.78 is 16.1. The average molecular weight is 596 g/mol. The number of ether oxygens (including phenoxy) is 3. The highest BCUT2D eigenvalue weighted by Gasteiger charge is 2.55. The second-order valence-corrected chi connectivity index (χ2v) is 12.8. The number of nitrogens with one attached hydrogen (secondary N) is 3. The van der Waals surface area contributed by atoms with Crippen LogP contribution in [0.3, 0.4) is 0 Å². The summed E-state index contributed by atoms with van der Waals surface area (Å²) >= 11 is 5.52. The Morgan fingerprint density at radius 1 is 0.976 bits per heavy atom. The zero-order valence-electron chi connectivity index (χ0n) is 26.1. The maximum Gasteiger partial charge on any atom is 0.246 e. The second-order valence-electron chi connectivity index (χ2n) is 12.4. The predicted molar refractivity (Wildman–Crippen MR) is 170 cm³/mol. The molecule has 2 aliphatic rings. The third-order valence-corrected chi connectivity index (χ3v) is 9.68. The summed E-state index contributed by atoms with van der Waals surface area (Å²) in [6.07, 6.45) is 4.77. The number of carbonyl (C=O) groups is 2. The van der Waals surface area contributed by atoms with Gasteiger partial charge in [-0.3, -0.25) is 9.59 Å². The van der Waals surface area contributed by atoms with Crippen molar-refractivity contribution in [3.8, 4) is 17.2 Å². The Morgan fingerprint density at radius 3 is 2.24 bits per heavy atom. The molecule has 1 saturated carbocycles. The molecule has 4 atom stereocenters. The van der Waals surface area contributed by atoms with Gasteiger partial charge in [0.2, 0.25) is 17.6 Å². The Balaban J connectivity index is 1.43. The van der Waals surface area contributed by atoms with Gasteiger partial charge in [0.05, 0.1) is 26.7 Å². The molecule has 2 aliphatic carbocycles. The summed E-state index contributed by atoms with van der Waals surface area (Å²) in [5.74, 6) is 1.55. The smallest absolute Gasteiger partial charge is 0.246 e. The van der Waals surface area contributed by atoms with Crippen molar-refractivity contribution in [2.24, 2.45) is 11.3 Å². The molecule has 0 bridgehead atoms. The van der Waals surface area contributed by atoms with Crippen molar-refractivity contribution in [2.75, 3.05) is 26.6 Å². The lowest BCUT2D eigenvalue weighted by Gasteiger charge is -2.54. The van der Waals surface area contributed by atoms with E-state index in [0.29, 0.717) is 28.9 Å². The van der Waals surface area contributed by atoms with Gasteiger partial charge in [-0.15, -0.1) is 0 Å². The van der Waals surface area contributed by atoms with E-state index in [0.717, 1.165) is 32.1 Å². The molecule has 2 aromatic rings. The first-order chi connectivity index (χ1) is 19.9. The Hall–Kier alpha value is -3.33. The number of hydrogen-bond donors (Lipinski definition) is 3. The van der Waals surface area contributed by atoms with Crippen LogP contribution in [0.4, 0.5) is 5.69 Å². The van der Waals surface area contributed by atoms with E-state index in [1.807, 2.05) is 0 Å². The first kappa shape index (κ1) is 31.6. The van der Waals surface area contributed by atoms with Gasteiger partial charge in [-0.1, -0.05) is 52.3 Å². The Bertz CT molecular complexity index is 1340. The van der Waals surface area contributed by atoms with E-state index < -0.39 is 11.5 Å². The summed E-state index contributed by atoms with van der Waals surface area (Å²) in [5.41, 5.74) is 4.01. The first-order valence-electron chi connectivity index (χ1n) is 14.7. The molecule has 1 fully saturated rings. The second kappa shape index (κ2) is 12.5. The minimum atomic E-state index is -0.710. The fraction of sp³-hybridized carbons (Fsp3) is 0.545. The Kier molecular flexibility index (Phi) is 9.40. The molecule has 0 saturated heterocycles. The van der Waals surface area contributed by atoms with Gasteiger partial charge in [-0.25, -0.2) is 0 Å². The predicted octanol–water partition coefficient (Wildman–Crippen LogP) is 5.86. The number of carbonyl (C=O) groups excluding carboxylic acids is 2. The number of rotatable bonds is 8. The summed E-state index contributed by atoms with van der Waals surface area (Å²) in [6.45, 7) is 10.6. The monoisotopic (exact) mass is 595 g/mol. The number of fused-ring (bicyclic) bond motifs is 3.